The molecule has 0 aliphatic rings. The van der Waals surface area contributed by atoms with Crippen LogP contribution in [0.15, 0.2) is 154 Å². The summed E-state index contributed by atoms with van der Waals surface area (Å²) in [5.74, 6) is 24.5. The minimum Gasteiger partial charge on any atom is -0.323 e. The highest BCUT2D eigenvalue weighted by molar-refractivity contribution is 7.31. The predicted octanol–water partition coefficient (Wildman–Crippen LogP) is 19.1. The Morgan fingerprint density at radius 1 is 0.244 bits per heavy atom. The molecule has 18 rings (SSSR count). The van der Waals surface area contributed by atoms with E-state index in [4.69, 9.17) is 23.4 Å². The minimum absolute atomic E-state index is 0.846. The smallest absolute Gasteiger partial charge is 0.0995 e. The fourth-order valence-electron chi connectivity index (χ4n) is 13.3. The fourth-order valence-corrected chi connectivity index (χ4v) is 22.7. The first-order valence-electron chi connectivity index (χ1n) is 27.9. The molecule has 0 saturated heterocycles. The molecule has 0 unspecified atom stereocenters. The van der Waals surface area contributed by atoms with Gasteiger partial charge < -0.3 is 23.4 Å². The van der Waals surface area contributed by atoms with Crippen molar-refractivity contribution in [2.45, 2.75) is 41.5 Å². The first kappa shape index (κ1) is 52.2. The Hall–Kier alpha value is -8.16. The van der Waals surface area contributed by atoms with Gasteiger partial charge in [0.2, 0.25) is 0 Å². The lowest BCUT2D eigenvalue weighted by molar-refractivity contribution is 1.17. The van der Waals surface area contributed by atoms with Crippen LogP contribution in [0.3, 0.4) is 0 Å². The quantitative estimate of drug-likeness (QED) is 0.102. The van der Waals surface area contributed by atoms with E-state index >= 15 is 0 Å². The number of fused-ring (bicyclic) bond motifs is 16. The van der Waals surface area contributed by atoms with Crippen LogP contribution in [0.1, 0.15) is 33.4 Å². The van der Waals surface area contributed by atoms with Gasteiger partial charge in [-0.2, -0.15) is 20.4 Å². The SMILES string of the molecule is Cc1ccc2sc(-c3cc4/c(=N\N)c5c(C)c6c(c(C)c5c4s3)/c(=N/N)c3cc(-c4cc5cc(C)ccc5s4)sc36)cc2c1.Cc1ccc2sc(-c3cc4/c(=N\N)c5cc6c(cc5c4s3)/c(=N/N)c3cc(-c4cc5cc(C)ccc5s4)sc36)cc2c1. The van der Waals surface area contributed by atoms with Gasteiger partial charge in [0.1, 0.15) is 0 Å². The summed E-state index contributed by atoms with van der Waals surface area (Å²) in [7, 11) is 0. The van der Waals surface area contributed by atoms with Crippen molar-refractivity contribution in [2.24, 2.45) is 43.8 Å². The van der Waals surface area contributed by atoms with Gasteiger partial charge in [-0.15, -0.1) is 90.7 Å². The van der Waals surface area contributed by atoms with Crippen LogP contribution in [-0.2, 0) is 0 Å². The molecule has 86 heavy (non-hydrogen) atoms. The van der Waals surface area contributed by atoms with Gasteiger partial charge in [-0.25, -0.2) is 0 Å². The van der Waals surface area contributed by atoms with E-state index in [1.54, 1.807) is 22.7 Å². The van der Waals surface area contributed by atoms with Gasteiger partial charge in [0, 0.05) is 141 Å². The second-order valence-corrected chi connectivity index (χ2v) is 31.2. The topological polar surface area (TPSA) is 154 Å². The van der Waals surface area contributed by atoms with Crippen LogP contribution >= 0.6 is 90.7 Å². The Balaban J connectivity index is 0.000000135. The molecule has 16 heteroatoms. The average molecular weight is 1260 g/mol. The van der Waals surface area contributed by atoms with Crippen LogP contribution in [0.5, 0.6) is 0 Å². The minimum atomic E-state index is 0.846. The predicted molar refractivity (Wildman–Crippen MR) is 380 cm³/mol. The molecule has 0 fully saturated rings. The third kappa shape index (κ3) is 7.64. The van der Waals surface area contributed by atoms with Crippen molar-refractivity contribution in [1.29, 1.82) is 0 Å². The second-order valence-electron chi connectivity index (χ2n) is 22.6. The molecule has 0 spiro atoms. The van der Waals surface area contributed by atoms with E-state index in [0.29, 0.717) is 0 Å². The first-order chi connectivity index (χ1) is 41.8. The molecule has 0 atom stereocenters. The number of benzene rings is 6. The number of thiophene rings is 8. The van der Waals surface area contributed by atoms with Crippen LogP contribution in [-0.4, -0.2) is 0 Å². The average Bonchev–Trinajstić information content (AvgIpc) is 1.57. The van der Waals surface area contributed by atoms with Gasteiger partial charge in [-0.1, -0.05) is 70.8 Å². The Labute approximate surface area is 522 Å². The lowest BCUT2D eigenvalue weighted by Crippen LogP contribution is -2.07. The fraction of sp³-hybridized carbons (Fsp3) is 0.0857. The molecule has 8 heterocycles. The summed E-state index contributed by atoms with van der Waals surface area (Å²) in [6.45, 7) is 13.0. The van der Waals surface area contributed by atoms with Gasteiger partial charge in [-0.05, 0) is 159 Å². The van der Waals surface area contributed by atoms with Gasteiger partial charge in [0.15, 0.2) is 0 Å². The molecule has 10 aromatic carbocycles. The first-order valence-corrected chi connectivity index (χ1v) is 34.5. The number of nitrogens with two attached hydrogens (primary N) is 4. The number of aryl methyl sites for hydroxylation is 6. The third-order valence-corrected chi connectivity index (χ3v) is 27.1. The van der Waals surface area contributed by atoms with E-state index < -0.39 is 0 Å². The van der Waals surface area contributed by atoms with Crippen LogP contribution in [0.4, 0.5) is 0 Å². The zero-order chi connectivity index (χ0) is 58.3. The van der Waals surface area contributed by atoms with Crippen LogP contribution in [0, 0.1) is 41.5 Å². The van der Waals surface area contributed by atoms with E-state index in [9.17, 15) is 0 Å². The van der Waals surface area contributed by atoms with E-state index in [-0.39, 0.29) is 0 Å². The molecule has 0 bridgehead atoms. The van der Waals surface area contributed by atoms with Crippen molar-refractivity contribution in [3.8, 4) is 39.0 Å². The number of nitrogens with zero attached hydrogens (tertiary/aromatic N) is 4. The molecule has 8 nitrogen and oxygen atoms in total. The van der Waals surface area contributed by atoms with Crippen molar-refractivity contribution < 1.29 is 0 Å². The Bertz CT molecular complexity index is 5860. The Morgan fingerprint density at radius 3 is 0.802 bits per heavy atom. The maximum Gasteiger partial charge on any atom is 0.0995 e. The highest BCUT2D eigenvalue weighted by Crippen LogP contribution is 2.50. The summed E-state index contributed by atoms with van der Waals surface area (Å²) in [5, 5.41) is 39.6. The van der Waals surface area contributed by atoms with E-state index in [2.05, 4.69) is 195 Å². The van der Waals surface area contributed by atoms with Gasteiger partial charge in [0.05, 0.1) is 21.4 Å². The monoisotopic (exact) mass is 1260 g/mol. The van der Waals surface area contributed by atoms with E-state index in [0.717, 1.165) is 75.3 Å². The molecule has 0 amide bonds. The van der Waals surface area contributed by atoms with Gasteiger partial charge in [-0.3, -0.25) is 0 Å². The highest BCUT2D eigenvalue weighted by Gasteiger charge is 2.26. The van der Waals surface area contributed by atoms with Crippen molar-refractivity contribution in [2.75, 3.05) is 0 Å². The van der Waals surface area contributed by atoms with Crippen LogP contribution in [0.25, 0.3) is 163 Å². The Morgan fingerprint density at radius 2 is 0.512 bits per heavy atom. The zero-order valence-corrected chi connectivity index (χ0v) is 53.6. The third-order valence-electron chi connectivity index (χ3n) is 17.2. The molecule has 416 valence electrons. The number of hydrogen-bond donors (Lipinski definition) is 4. The van der Waals surface area contributed by atoms with Crippen LogP contribution in [0.2, 0.25) is 0 Å². The van der Waals surface area contributed by atoms with Crippen molar-refractivity contribution in [1.82, 2.24) is 0 Å². The van der Waals surface area contributed by atoms with Crippen LogP contribution < -0.4 is 44.8 Å². The van der Waals surface area contributed by atoms with Crippen molar-refractivity contribution in [3.63, 3.8) is 0 Å². The maximum absolute atomic E-state index is 6.18. The molecule has 0 saturated carbocycles. The molecule has 18 aromatic rings. The molecule has 0 aliphatic carbocycles. The number of rotatable bonds is 4. The molecular weight excluding hydrogens is 1210 g/mol. The standard InChI is InChI=1S/C36H26N4S4.C34H22N4S4/c1-15-5-7-23-19(9-15)11-25(41-23)27-13-21-33(39-37)29-18(4)32-30(17(3)31(29)35(21)43-27)34(40-38)22-14-28(44-36(22)32)26-12-20-10-16(2)6-8-24(20)42-26;1-15-3-5-25-17(7-15)9-27(39-25)29-13-23-31(37-35)19-12-22-20(11-21(19)33(23)41-29)32(38-36)24-14-30(42-34(22)24)28-10-18-8-16(2)4-6-26(18)40-28/h5-14H,37-38H2,1-4H3;3-14H,35-36H2,1-2H3/b39-33+,40-34+;37-31-,38-32-. The lowest BCUT2D eigenvalue weighted by Gasteiger charge is -2.07. The van der Waals surface area contributed by atoms with Crippen molar-refractivity contribution in [3.05, 3.63) is 188 Å². The summed E-state index contributed by atoms with van der Waals surface area (Å²) in [4.78, 5) is 10.0. The summed E-state index contributed by atoms with van der Waals surface area (Å²) in [6.07, 6.45) is 0. The molecule has 0 aliphatic heterocycles. The Kier molecular flexibility index (Phi) is 11.6. The molecular formula is C70H48N8S8. The maximum atomic E-state index is 6.18. The van der Waals surface area contributed by atoms with E-state index in [1.165, 1.54) is 142 Å². The van der Waals surface area contributed by atoms with E-state index in [1.807, 2.05) is 68.0 Å². The van der Waals surface area contributed by atoms with Gasteiger partial charge >= 0.3 is 0 Å². The zero-order valence-electron chi connectivity index (χ0n) is 47.1. The summed E-state index contributed by atoms with van der Waals surface area (Å²) in [5.41, 5.74) is 7.48. The summed E-state index contributed by atoms with van der Waals surface area (Å²) < 4.78 is 10.1. The number of hydrogen-bond acceptors (Lipinski definition) is 16. The normalized spacial score (nSPS) is 13.5. The largest absolute Gasteiger partial charge is 0.323 e. The lowest BCUT2D eigenvalue weighted by atomic mass is 9.98. The summed E-state index contributed by atoms with van der Waals surface area (Å²) >= 11 is 14.6. The molecule has 0 radical (unpaired) electrons. The molecule has 8 N–H and O–H groups in total. The van der Waals surface area contributed by atoms with Gasteiger partial charge in [0.25, 0.3) is 0 Å². The highest BCUT2D eigenvalue weighted by atomic mass is 32.1. The molecule has 8 aromatic heterocycles. The second kappa shape index (κ2) is 19.2. The van der Waals surface area contributed by atoms with Crippen molar-refractivity contribution >= 4 is 214 Å². The summed E-state index contributed by atoms with van der Waals surface area (Å²) in [6, 6.07) is 49.4.